The lowest BCUT2D eigenvalue weighted by Crippen LogP contribution is -2.52. The number of ketones is 1. The number of hydrogen-bond acceptors (Lipinski definition) is 6. The zero-order valence-corrected chi connectivity index (χ0v) is 16.4. The third-order valence-electron chi connectivity index (χ3n) is 4.53. The largest absolute Gasteiger partial charge is 0.381 e. The second-order valence-electron chi connectivity index (χ2n) is 8.05. The molecule has 0 saturated carbocycles. The Morgan fingerprint density at radius 1 is 1.24 bits per heavy atom. The third kappa shape index (κ3) is 4.68. The highest BCUT2D eigenvalue weighted by atomic mass is 32.2. The Balaban J connectivity index is 2.09. The van der Waals surface area contributed by atoms with Gasteiger partial charge in [-0.25, -0.2) is 13.1 Å². The highest BCUT2D eigenvalue weighted by molar-refractivity contribution is 7.91. The van der Waals surface area contributed by atoms with Crippen molar-refractivity contribution in [3.05, 3.63) is 17.5 Å². The molecule has 0 unspecified atom stereocenters. The minimum atomic E-state index is -3.81. The zero-order valence-electron chi connectivity index (χ0n) is 15.6. The Morgan fingerprint density at radius 3 is 2.36 bits per heavy atom. The van der Waals surface area contributed by atoms with Crippen molar-refractivity contribution in [2.24, 2.45) is 0 Å². The van der Waals surface area contributed by atoms with Crippen molar-refractivity contribution in [2.75, 3.05) is 13.2 Å². The molecule has 1 aromatic rings. The molecule has 1 fully saturated rings. The Bertz CT molecular complexity index is 710. The number of hydrogen-bond donors (Lipinski definition) is 1. The molecule has 7 nitrogen and oxygen atoms in total. The lowest BCUT2D eigenvalue weighted by atomic mass is 9.92. The summed E-state index contributed by atoms with van der Waals surface area (Å²) in [5.74, 6) is 0.247. The molecule has 8 heteroatoms. The molecule has 1 aromatic heterocycles. The molecular weight excluding hydrogens is 344 g/mol. The van der Waals surface area contributed by atoms with Gasteiger partial charge in [-0.2, -0.15) is 0 Å². The van der Waals surface area contributed by atoms with Crippen LogP contribution in [0.25, 0.3) is 0 Å². The van der Waals surface area contributed by atoms with E-state index in [1.807, 2.05) is 20.8 Å². The molecule has 2 rings (SSSR count). The van der Waals surface area contributed by atoms with Crippen molar-refractivity contribution in [3.8, 4) is 0 Å². The first-order chi connectivity index (χ1) is 11.4. The number of Topliss-reactive ketones (excluding diaryl/α,β-unsaturated/α-hetero) is 1. The van der Waals surface area contributed by atoms with Gasteiger partial charge < -0.3 is 9.26 Å². The summed E-state index contributed by atoms with van der Waals surface area (Å²) in [6, 6.07) is 1.53. The van der Waals surface area contributed by atoms with Crippen LogP contribution in [-0.2, 0) is 31.4 Å². The summed E-state index contributed by atoms with van der Waals surface area (Å²) in [7, 11) is -3.81. The summed E-state index contributed by atoms with van der Waals surface area (Å²) < 4.78 is 37.0. The van der Waals surface area contributed by atoms with E-state index in [0.717, 1.165) is 0 Å². The van der Waals surface area contributed by atoms with Crippen molar-refractivity contribution in [1.82, 2.24) is 9.88 Å². The zero-order chi connectivity index (χ0) is 18.9. The lowest BCUT2D eigenvalue weighted by molar-refractivity contribution is -0.120. The van der Waals surface area contributed by atoms with Crippen LogP contribution >= 0.6 is 0 Å². The van der Waals surface area contributed by atoms with E-state index in [1.165, 1.54) is 13.8 Å². The fourth-order valence-corrected chi connectivity index (χ4v) is 3.80. The molecule has 142 valence electrons. The number of nitrogens with one attached hydrogen (secondary N) is 1. The van der Waals surface area contributed by atoms with Gasteiger partial charge in [-0.3, -0.25) is 4.79 Å². The van der Waals surface area contributed by atoms with Crippen LogP contribution in [0.2, 0.25) is 0 Å². The van der Waals surface area contributed by atoms with Gasteiger partial charge in [0.05, 0.1) is 12.1 Å². The molecule has 2 heterocycles. The first-order valence-electron chi connectivity index (χ1n) is 8.52. The fourth-order valence-electron chi connectivity index (χ4n) is 2.46. The van der Waals surface area contributed by atoms with Gasteiger partial charge in [0.25, 0.3) is 0 Å². The average Bonchev–Trinajstić information content (AvgIpc) is 2.96. The maximum absolute atomic E-state index is 12.7. The summed E-state index contributed by atoms with van der Waals surface area (Å²) in [5, 5.41) is 3.91. The van der Waals surface area contributed by atoms with Crippen molar-refractivity contribution >= 4 is 15.8 Å². The fraction of sp³-hybridized carbons (Fsp3) is 0.765. The van der Waals surface area contributed by atoms with E-state index < -0.39 is 20.6 Å². The van der Waals surface area contributed by atoms with E-state index in [1.54, 1.807) is 6.07 Å². The van der Waals surface area contributed by atoms with Crippen molar-refractivity contribution in [1.29, 1.82) is 0 Å². The number of ether oxygens (including phenoxy) is 1. The summed E-state index contributed by atoms with van der Waals surface area (Å²) in [6.07, 6.45) is 1.14. The Kier molecular flexibility index (Phi) is 5.75. The molecular formula is C17H28N2O5S. The molecule has 0 atom stereocenters. The van der Waals surface area contributed by atoms with Crippen LogP contribution in [0, 0.1) is 0 Å². The predicted octanol–water partition coefficient (Wildman–Crippen LogP) is 1.96. The lowest BCUT2D eigenvalue weighted by Gasteiger charge is -2.29. The Hall–Kier alpha value is -1.25. The summed E-state index contributed by atoms with van der Waals surface area (Å²) in [6.45, 7) is 9.84. The van der Waals surface area contributed by atoms with Gasteiger partial charge in [0.15, 0.2) is 5.78 Å². The minimum Gasteiger partial charge on any atom is -0.381 e. The van der Waals surface area contributed by atoms with E-state index in [2.05, 4.69) is 9.88 Å². The first kappa shape index (κ1) is 20.1. The van der Waals surface area contributed by atoms with Gasteiger partial charge >= 0.3 is 0 Å². The van der Waals surface area contributed by atoms with E-state index in [4.69, 9.17) is 9.26 Å². The number of carbonyl (C=O) groups excluding carboxylic acids is 1. The number of aromatic nitrogens is 1. The average molecular weight is 372 g/mol. The van der Waals surface area contributed by atoms with Crippen LogP contribution < -0.4 is 4.72 Å². The summed E-state index contributed by atoms with van der Waals surface area (Å²) in [4.78, 5) is 12.7. The molecule has 0 aliphatic carbocycles. The smallest absolute Gasteiger partial charge is 0.224 e. The van der Waals surface area contributed by atoms with Crippen LogP contribution in [0.1, 0.15) is 58.9 Å². The maximum atomic E-state index is 12.7. The molecule has 1 aliphatic rings. The predicted molar refractivity (Wildman–Crippen MR) is 93.9 cm³/mol. The molecule has 1 saturated heterocycles. The topological polar surface area (TPSA) is 98.5 Å². The van der Waals surface area contributed by atoms with Crippen LogP contribution in [0.4, 0.5) is 0 Å². The van der Waals surface area contributed by atoms with E-state index in [9.17, 15) is 13.2 Å². The molecule has 0 radical (unpaired) electrons. The highest BCUT2D eigenvalue weighted by Crippen LogP contribution is 2.25. The van der Waals surface area contributed by atoms with Crippen LogP contribution in [-0.4, -0.2) is 43.4 Å². The second-order valence-corrected chi connectivity index (χ2v) is 10.3. The Morgan fingerprint density at radius 2 is 1.84 bits per heavy atom. The molecule has 0 spiro atoms. The van der Waals surface area contributed by atoms with Crippen molar-refractivity contribution in [3.63, 3.8) is 0 Å². The van der Waals surface area contributed by atoms with Crippen LogP contribution in [0.15, 0.2) is 10.6 Å². The highest BCUT2D eigenvalue weighted by Gasteiger charge is 2.42. The van der Waals surface area contributed by atoms with Crippen LogP contribution in [0.5, 0.6) is 0 Å². The third-order valence-corrected chi connectivity index (χ3v) is 6.74. The number of rotatable bonds is 6. The normalized spacial score (nSPS) is 17.6. The molecule has 0 bridgehead atoms. The Labute approximate surface area is 149 Å². The quantitative estimate of drug-likeness (QED) is 0.820. The van der Waals surface area contributed by atoms with Gasteiger partial charge in [0.1, 0.15) is 10.5 Å². The van der Waals surface area contributed by atoms with Gasteiger partial charge in [0, 0.05) is 30.7 Å². The van der Waals surface area contributed by atoms with E-state index in [-0.39, 0.29) is 17.9 Å². The van der Waals surface area contributed by atoms with E-state index >= 15 is 0 Å². The number of nitrogens with zero attached hydrogens (tertiary/aromatic N) is 1. The molecule has 0 aromatic carbocycles. The van der Waals surface area contributed by atoms with Crippen molar-refractivity contribution < 1.29 is 22.5 Å². The SMILES string of the molecule is CC(C)(C)c1cc(CC(=O)C(C)(C)S(=O)(=O)NC2CCOCC2)no1. The van der Waals surface area contributed by atoms with Gasteiger partial charge in [-0.1, -0.05) is 25.9 Å². The monoisotopic (exact) mass is 372 g/mol. The van der Waals surface area contributed by atoms with Crippen molar-refractivity contribution in [2.45, 2.75) is 70.1 Å². The summed E-state index contributed by atoms with van der Waals surface area (Å²) >= 11 is 0. The number of carbonyl (C=O) groups is 1. The second kappa shape index (κ2) is 7.17. The van der Waals surface area contributed by atoms with Gasteiger partial charge in [-0.05, 0) is 26.7 Å². The summed E-state index contributed by atoms with van der Waals surface area (Å²) in [5.41, 5.74) is 0.227. The van der Waals surface area contributed by atoms with E-state index in [0.29, 0.717) is 37.5 Å². The molecule has 1 aliphatic heterocycles. The maximum Gasteiger partial charge on any atom is 0.224 e. The molecule has 1 N–H and O–H groups in total. The van der Waals surface area contributed by atoms with Crippen LogP contribution in [0.3, 0.4) is 0 Å². The standard InChI is InChI=1S/C17H28N2O5S/c1-16(2,3)15-11-13(18-24-15)10-14(20)17(4,5)25(21,22)19-12-6-8-23-9-7-12/h11-12,19H,6-10H2,1-5H3. The van der Waals surface area contributed by atoms with Gasteiger partial charge in [0.2, 0.25) is 10.0 Å². The number of sulfonamides is 1. The van der Waals surface area contributed by atoms with Gasteiger partial charge in [-0.15, -0.1) is 0 Å². The molecule has 25 heavy (non-hydrogen) atoms. The molecule has 0 amide bonds. The minimum absolute atomic E-state index is 0.0821. The first-order valence-corrected chi connectivity index (χ1v) is 10.0.